The molecule has 0 saturated carbocycles. The minimum Gasteiger partial charge on any atom is -0.490 e. The third-order valence-electron chi connectivity index (χ3n) is 3.06. The molecule has 2 aromatic rings. The molecule has 0 saturated heterocycles. The van der Waals surface area contributed by atoms with Gasteiger partial charge in [-0.25, -0.2) is 0 Å². The van der Waals surface area contributed by atoms with E-state index in [4.69, 9.17) is 25.8 Å². The first-order valence-electron chi connectivity index (χ1n) is 7.37. The average molecular weight is 335 g/mol. The van der Waals surface area contributed by atoms with E-state index in [0.29, 0.717) is 41.9 Å². The van der Waals surface area contributed by atoms with Crippen molar-refractivity contribution in [1.82, 2.24) is 0 Å². The van der Waals surface area contributed by atoms with E-state index in [1.54, 1.807) is 12.1 Å². The third-order valence-corrected chi connectivity index (χ3v) is 3.34. The number of hydrogen-bond donors (Lipinski definition) is 0. The highest BCUT2D eigenvalue weighted by atomic mass is 35.5. The van der Waals surface area contributed by atoms with E-state index >= 15 is 0 Å². The standard InChI is InChI=1S/C18H19ClO4/c1-3-21-17-11-14(12-20)10-16(19)18(17)23-8-7-22-15-6-4-5-13(2)9-15/h4-6,9-12H,3,7-8H2,1-2H3. The molecule has 5 heteroatoms. The van der Waals surface area contributed by atoms with Crippen LogP contribution in [0.5, 0.6) is 17.2 Å². The summed E-state index contributed by atoms with van der Waals surface area (Å²) in [4.78, 5) is 10.9. The van der Waals surface area contributed by atoms with Gasteiger partial charge in [-0.15, -0.1) is 0 Å². The molecule has 122 valence electrons. The first-order valence-corrected chi connectivity index (χ1v) is 7.75. The van der Waals surface area contributed by atoms with Crippen molar-refractivity contribution in [1.29, 1.82) is 0 Å². The number of halogens is 1. The highest BCUT2D eigenvalue weighted by molar-refractivity contribution is 6.32. The normalized spacial score (nSPS) is 10.2. The van der Waals surface area contributed by atoms with Crippen LogP contribution in [0.25, 0.3) is 0 Å². The lowest BCUT2D eigenvalue weighted by Crippen LogP contribution is -2.10. The van der Waals surface area contributed by atoms with Gasteiger partial charge in [-0.05, 0) is 43.7 Å². The first-order chi connectivity index (χ1) is 11.1. The molecular weight excluding hydrogens is 316 g/mol. The van der Waals surface area contributed by atoms with Crippen LogP contribution in [0.1, 0.15) is 22.8 Å². The predicted octanol–water partition coefficient (Wildman–Crippen LogP) is 4.32. The maximum atomic E-state index is 10.9. The molecular formula is C18H19ClO4. The lowest BCUT2D eigenvalue weighted by Gasteiger charge is -2.14. The number of benzene rings is 2. The predicted molar refractivity (Wildman–Crippen MR) is 90.2 cm³/mol. The molecule has 0 heterocycles. The molecule has 0 radical (unpaired) electrons. The maximum Gasteiger partial charge on any atom is 0.179 e. The Morgan fingerprint density at radius 2 is 1.87 bits per heavy atom. The van der Waals surface area contributed by atoms with Crippen LogP contribution in [0.15, 0.2) is 36.4 Å². The summed E-state index contributed by atoms with van der Waals surface area (Å²) in [6.45, 7) is 5.00. The Labute approximate surface area is 140 Å². The molecule has 0 aliphatic rings. The largest absolute Gasteiger partial charge is 0.490 e. The minimum atomic E-state index is 0.314. The molecule has 2 rings (SSSR count). The van der Waals surface area contributed by atoms with Gasteiger partial charge in [-0.2, -0.15) is 0 Å². The summed E-state index contributed by atoms with van der Waals surface area (Å²) < 4.78 is 16.8. The Hall–Kier alpha value is -2.20. The second kappa shape index (κ2) is 8.44. The van der Waals surface area contributed by atoms with Gasteiger partial charge in [0.05, 0.1) is 11.6 Å². The van der Waals surface area contributed by atoms with Gasteiger partial charge in [0.2, 0.25) is 0 Å². The monoisotopic (exact) mass is 334 g/mol. The molecule has 0 atom stereocenters. The Morgan fingerprint density at radius 3 is 2.57 bits per heavy atom. The SMILES string of the molecule is CCOc1cc(C=O)cc(Cl)c1OCCOc1cccc(C)c1. The number of ether oxygens (including phenoxy) is 3. The fourth-order valence-electron chi connectivity index (χ4n) is 2.07. The summed E-state index contributed by atoms with van der Waals surface area (Å²) in [5, 5.41) is 0.341. The van der Waals surface area contributed by atoms with Gasteiger partial charge in [-0.1, -0.05) is 23.7 Å². The molecule has 0 unspecified atom stereocenters. The Morgan fingerprint density at radius 1 is 1.09 bits per heavy atom. The van der Waals surface area contributed by atoms with E-state index in [0.717, 1.165) is 17.6 Å². The van der Waals surface area contributed by atoms with Crippen LogP contribution < -0.4 is 14.2 Å². The molecule has 2 aromatic carbocycles. The molecule has 0 bridgehead atoms. The Bertz CT molecular complexity index is 670. The van der Waals surface area contributed by atoms with Crippen LogP contribution in [-0.2, 0) is 0 Å². The zero-order valence-electron chi connectivity index (χ0n) is 13.2. The zero-order valence-corrected chi connectivity index (χ0v) is 13.9. The van der Waals surface area contributed by atoms with Crippen LogP contribution in [0.3, 0.4) is 0 Å². The molecule has 0 fully saturated rings. The average Bonchev–Trinajstić information content (AvgIpc) is 2.53. The van der Waals surface area contributed by atoms with Crippen molar-refractivity contribution in [2.75, 3.05) is 19.8 Å². The fraction of sp³-hybridized carbons (Fsp3) is 0.278. The first kappa shape index (κ1) is 17.2. The van der Waals surface area contributed by atoms with Crippen LogP contribution in [0.2, 0.25) is 5.02 Å². The maximum absolute atomic E-state index is 10.9. The molecule has 0 spiro atoms. The molecule has 23 heavy (non-hydrogen) atoms. The summed E-state index contributed by atoms with van der Waals surface area (Å²) in [6.07, 6.45) is 0.721. The molecule has 0 aromatic heterocycles. The van der Waals surface area contributed by atoms with E-state index in [1.807, 2.05) is 38.1 Å². The van der Waals surface area contributed by atoms with E-state index in [2.05, 4.69) is 0 Å². The molecule has 0 aliphatic heterocycles. The molecule has 0 aliphatic carbocycles. The van der Waals surface area contributed by atoms with Crippen molar-refractivity contribution in [3.63, 3.8) is 0 Å². The van der Waals surface area contributed by atoms with E-state index in [1.165, 1.54) is 0 Å². The number of aryl methyl sites for hydroxylation is 1. The number of carbonyl (C=O) groups is 1. The van der Waals surface area contributed by atoms with E-state index < -0.39 is 0 Å². The molecule has 0 amide bonds. The van der Waals surface area contributed by atoms with Gasteiger partial charge in [-0.3, -0.25) is 4.79 Å². The van der Waals surface area contributed by atoms with Crippen LogP contribution >= 0.6 is 11.6 Å². The molecule has 4 nitrogen and oxygen atoms in total. The van der Waals surface area contributed by atoms with Crippen molar-refractivity contribution >= 4 is 17.9 Å². The van der Waals surface area contributed by atoms with Gasteiger partial charge >= 0.3 is 0 Å². The van der Waals surface area contributed by atoms with E-state index in [-0.39, 0.29) is 0 Å². The number of rotatable bonds is 8. The van der Waals surface area contributed by atoms with Crippen molar-refractivity contribution in [3.8, 4) is 17.2 Å². The van der Waals surface area contributed by atoms with Gasteiger partial charge in [0.15, 0.2) is 11.5 Å². The Balaban J connectivity index is 1.98. The summed E-state index contributed by atoms with van der Waals surface area (Å²) in [6, 6.07) is 11.0. The lowest BCUT2D eigenvalue weighted by atomic mass is 10.2. The van der Waals surface area contributed by atoms with Crippen molar-refractivity contribution in [3.05, 3.63) is 52.5 Å². The summed E-state index contributed by atoms with van der Waals surface area (Å²) in [7, 11) is 0. The number of aldehydes is 1. The number of carbonyl (C=O) groups excluding carboxylic acids is 1. The number of hydrogen-bond acceptors (Lipinski definition) is 4. The highest BCUT2D eigenvalue weighted by Crippen LogP contribution is 2.36. The van der Waals surface area contributed by atoms with Crippen molar-refractivity contribution in [2.24, 2.45) is 0 Å². The fourth-order valence-corrected chi connectivity index (χ4v) is 2.34. The van der Waals surface area contributed by atoms with Crippen molar-refractivity contribution in [2.45, 2.75) is 13.8 Å². The highest BCUT2D eigenvalue weighted by Gasteiger charge is 2.12. The van der Waals surface area contributed by atoms with Gasteiger partial charge in [0.25, 0.3) is 0 Å². The topological polar surface area (TPSA) is 44.8 Å². The molecule has 0 N–H and O–H groups in total. The van der Waals surface area contributed by atoms with Crippen LogP contribution in [0, 0.1) is 6.92 Å². The quantitative estimate of drug-likeness (QED) is 0.533. The van der Waals surface area contributed by atoms with Gasteiger partial charge < -0.3 is 14.2 Å². The summed E-state index contributed by atoms with van der Waals surface area (Å²) >= 11 is 6.16. The van der Waals surface area contributed by atoms with E-state index in [9.17, 15) is 4.79 Å². The zero-order chi connectivity index (χ0) is 16.7. The van der Waals surface area contributed by atoms with Gasteiger partial charge in [0, 0.05) is 5.56 Å². The minimum absolute atomic E-state index is 0.314. The third kappa shape index (κ3) is 4.89. The summed E-state index contributed by atoms with van der Waals surface area (Å²) in [5.74, 6) is 1.67. The Kier molecular flexibility index (Phi) is 6.29. The second-order valence-corrected chi connectivity index (χ2v) is 5.30. The van der Waals surface area contributed by atoms with Gasteiger partial charge in [0.1, 0.15) is 25.2 Å². The lowest BCUT2D eigenvalue weighted by molar-refractivity contribution is 0.112. The summed E-state index contributed by atoms with van der Waals surface area (Å²) in [5.41, 5.74) is 1.58. The van der Waals surface area contributed by atoms with Crippen LogP contribution in [-0.4, -0.2) is 26.1 Å². The van der Waals surface area contributed by atoms with Crippen LogP contribution in [0.4, 0.5) is 0 Å². The smallest absolute Gasteiger partial charge is 0.179 e. The van der Waals surface area contributed by atoms with Crippen molar-refractivity contribution < 1.29 is 19.0 Å². The second-order valence-electron chi connectivity index (χ2n) is 4.89.